The van der Waals surface area contributed by atoms with Gasteiger partial charge in [-0.25, -0.2) is 0 Å². The zero-order valence-electron chi connectivity index (χ0n) is 11.4. The van der Waals surface area contributed by atoms with Gasteiger partial charge in [0.15, 0.2) is 0 Å². The SMILES string of the molecule is CCN(Cc1ccccc1C)CC(CN)C(F)(F)F. The summed E-state index contributed by atoms with van der Waals surface area (Å²) in [5, 5.41) is 0. The van der Waals surface area contributed by atoms with E-state index < -0.39 is 12.1 Å². The van der Waals surface area contributed by atoms with Crippen LogP contribution in [-0.4, -0.2) is 30.7 Å². The molecule has 0 saturated carbocycles. The molecule has 0 spiro atoms. The molecule has 19 heavy (non-hydrogen) atoms. The van der Waals surface area contributed by atoms with Gasteiger partial charge in [-0.15, -0.1) is 0 Å². The van der Waals surface area contributed by atoms with Crippen molar-refractivity contribution in [2.24, 2.45) is 11.7 Å². The fraction of sp³-hybridized carbons (Fsp3) is 0.571. The molecular weight excluding hydrogens is 253 g/mol. The molecule has 0 aliphatic rings. The topological polar surface area (TPSA) is 29.3 Å². The number of aryl methyl sites for hydroxylation is 1. The Bertz CT molecular complexity index is 391. The Hall–Kier alpha value is -1.07. The van der Waals surface area contributed by atoms with Gasteiger partial charge >= 0.3 is 6.18 Å². The Kier molecular flexibility index (Phi) is 5.82. The number of hydrogen-bond donors (Lipinski definition) is 1. The maximum atomic E-state index is 12.7. The van der Waals surface area contributed by atoms with Crippen molar-refractivity contribution >= 4 is 0 Å². The monoisotopic (exact) mass is 274 g/mol. The molecule has 0 aromatic heterocycles. The summed E-state index contributed by atoms with van der Waals surface area (Å²) in [7, 11) is 0. The molecule has 0 radical (unpaired) electrons. The molecule has 1 atom stereocenters. The molecule has 0 aliphatic carbocycles. The molecule has 5 heteroatoms. The number of rotatable bonds is 6. The molecule has 0 aliphatic heterocycles. The van der Waals surface area contributed by atoms with Crippen molar-refractivity contribution in [1.82, 2.24) is 4.90 Å². The van der Waals surface area contributed by atoms with E-state index in [4.69, 9.17) is 5.73 Å². The Balaban J connectivity index is 2.71. The van der Waals surface area contributed by atoms with E-state index in [2.05, 4.69) is 0 Å². The van der Waals surface area contributed by atoms with Crippen LogP contribution in [0.4, 0.5) is 13.2 Å². The smallest absolute Gasteiger partial charge is 0.330 e. The highest BCUT2D eigenvalue weighted by Crippen LogP contribution is 2.26. The largest absolute Gasteiger partial charge is 0.394 e. The van der Waals surface area contributed by atoms with Crippen molar-refractivity contribution < 1.29 is 13.2 Å². The highest BCUT2D eigenvalue weighted by molar-refractivity contribution is 5.25. The lowest BCUT2D eigenvalue weighted by molar-refractivity contribution is -0.176. The summed E-state index contributed by atoms with van der Waals surface area (Å²) in [4.78, 5) is 1.79. The van der Waals surface area contributed by atoms with E-state index in [-0.39, 0.29) is 13.1 Å². The number of alkyl halides is 3. The summed E-state index contributed by atoms with van der Waals surface area (Å²) >= 11 is 0. The van der Waals surface area contributed by atoms with Crippen LogP contribution >= 0.6 is 0 Å². The average molecular weight is 274 g/mol. The van der Waals surface area contributed by atoms with Crippen molar-refractivity contribution in [3.63, 3.8) is 0 Å². The molecule has 0 heterocycles. The molecule has 1 aromatic rings. The minimum Gasteiger partial charge on any atom is -0.330 e. The van der Waals surface area contributed by atoms with E-state index in [1.54, 1.807) is 4.90 Å². The van der Waals surface area contributed by atoms with E-state index in [9.17, 15) is 13.2 Å². The van der Waals surface area contributed by atoms with Crippen LogP contribution in [0.2, 0.25) is 0 Å². The minimum atomic E-state index is -4.23. The number of benzene rings is 1. The van der Waals surface area contributed by atoms with Crippen molar-refractivity contribution in [3.05, 3.63) is 35.4 Å². The molecule has 108 valence electrons. The summed E-state index contributed by atoms with van der Waals surface area (Å²) in [6, 6.07) is 7.74. The van der Waals surface area contributed by atoms with Crippen LogP contribution in [0.5, 0.6) is 0 Å². The van der Waals surface area contributed by atoms with Crippen LogP contribution in [0.1, 0.15) is 18.1 Å². The summed E-state index contributed by atoms with van der Waals surface area (Å²) in [6.45, 7) is 4.50. The predicted molar refractivity (Wildman–Crippen MR) is 70.7 cm³/mol. The second kappa shape index (κ2) is 6.91. The van der Waals surface area contributed by atoms with Gasteiger partial charge in [0.2, 0.25) is 0 Å². The third-order valence-electron chi connectivity index (χ3n) is 3.33. The number of nitrogens with two attached hydrogens (primary N) is 1. The van der Waals surface area contributed by atoms with E-state index in [1.165, 1.54) is 0 Å². The fourth-order valence-electron chi connectivity index (χ4n) is 1.96. The van der Waals surface area contributed by atoms with Crippen molar-refractivity contribution in [3.8, 4) is 0 Å². The van der Waals surface area contributed by atoms with Gasteiger partial charge in [-0.1, -0.05) is 31.2 Å². The van der Waals surface area contributed by atoms with Gasteiger partial charge < -0.3 is 5.73 Å². The number of hydrogen-bond acceptors (Lipinski definition) is 2. The van der Waals surface area contributed by atoms with Gasteiger partial charge in [0, 0.05) is 19.6 Å². The Morgan fingerprint density at radius 1 is 1.26 bits per heavy atom. The average Bonchev–Trinajstić information content (AvgIpc) is 2.35. The minimum absolute atomic E-state index is 0.0508. The van der Waals surface area contributed by atoms with Gasteiger partial charge in [-0.2, -0.15) is 13.2 Å². The Morgan fingerprint density at radius 3 is 2.37 bits per heavy atom. The Labute approximate surface area is 112 Å². The van der Waals surface area contributed by atoms with Crippen LogP contribution in [0.25, 0.3) is 0 Å². The van der Waals surface area contributed by atoms with Crippen molar-refractivity contribution in [2.75, 3.05) is 19.6 Å². The molecule has 1 rings (SSSR count). The van der Waals surface area contributed by atoms with Gasteiger partial charge in [0.1, 0.15) is 0 Å². The first-order valence-electron chi connectivity index (χ1n) is 6.42. The van der Waals surface area contributed by atoms with Gasteiger partial charge in [-0.3, -0.25) is 4.90 Å². The van der Waals surface area contributed by atoms with Gasteiger partial charge in [-0.05, 0) is 24.6 Å². The highest BCUT2D eigenvalue weighted by atomic mass is 19.4. The summed E-state index contributed by atoms with van der Waals surface area (Å²) in [5.41, 5.74) is 7.39. The molecule has 2 N–H and O–H groups in total. The summed E-state index contributed by atoms with van der Waals surface area (Å²) < 4.78 is 38.2. The molecule has 0 bridgehead atoms. The lowest BCUT2D eigenvalue weighted by Crippen LogP contribution is -2.40. The standard InChI is InChI=1S/C14H21F3N2/c1-3-19(10-13(8-18)14(15,16)17)9-12-7-5-4-6-11(12)2/h4-7,13H,3,8-10,18H2,1-2H3. The van der Waals surface area contributed by atoms with E-state index in [0.717, 1.165) is 11.1 Å². The summed E-state index contributed by atoms with van der Waals surface area (Å²) in [5.74, 6) is -1.46. The molecule has 0 amide bonds. The third-order valence-corrected chi connectivity index (χ3v) is 3.33. The number of nitrogens with zero attached hydrogens (tertiary/aromatic N) is 1. The van der Waals surface area contributed by atoms with Crippen LogP contribution in [0.15, 0.2) is 24.3 Å². The zero-order chi connectivity index (χ0) is 14.5. The van der Waals surface area contributed by atoms with E-state index in [1.807, 2.05) is 38.1 Å². The van der Waals surface area contributed by atoms with E-state index in [0.29, 0.717) is 13.1 Å². The fourth-order valence-corrected chi connectivity index (χ4v) is 1.96. The van der Waals surface area contributed by atoms with Crippen LogP contribution in [0.3, 0.4) is 0 Å². The lowest BCUT2D eigenvalue weighted by Gasteiger charge is -2.27. The second-order valence-corrected chi connectivity index (χ2v) is 4.73. The molecule has 2 nitrogen and oxygen atoms in total. The normalized spacial score (nSPS) is 13.8. The van der Waals surface area contributed by atoms with Gasteiger partial charge in [0.05, 0.1) is 5.92 Å². The highest BCUT2D eigenvalue weighted by Gasteiger charge is 2.39. The third kappa shape index (κ3) is 4.84. The number of halogens is 3. The maximum absolute atomic E-state index is 12.7. The molecular formula is C14H21F3N2. The molecule has 1 aromatic carbocycles. The zero-order valence-corrected chi connectivity index (χ0v) is 11.4. The van der Waals surface area contributed by atoms with Crippen LogP contribution in [0, 0.1) is 12.8 Å². The molecule has 0 fully saturated rings. The molecule has 1 unspecified atom stereocenters. The Morgan fingerprint density at radius 2 is 1.89 bits per heavy atom. The van der Waals surface area contributed by atoms with Crippen molar-refractivity contribution in [1.29, 1.82) is 0 Å². The first kappa shape index (κ1) is 16.0. The van der Waals surface area contributed by atoms with Crippen LogP contribution in [-0.2, 0) is 6.54 Å². The van der Waals surface area contributed by atoms with Gasteiger partial charge in [0.25, 0.3) is 0 Å². The second-order valence-electron chi connectivity index (χ2n) is 4.73. The lowest BCUT2D eigenvalue weighted by atomic mass is 10.1. The molecule has 0 saturated heterocycles. The van der Waals surface area contributed by atoms with Crippen LogP contribution < -0.4 is 5.73 Å². The first-order chi connectivity index (χ1) is 8.88. The quantitative estimate of drug-likeness (QED) is 0.864. The van der Waals surface area contributed by atoms with Crippen molar-refractivity contribution in [2.45, 2.75) is 26.6 Å². The predicted octanol–water partition coefficient (Wildman–Crippen LogP) is 2.95. The first-order valence-corrected chi connectivity index (χ1v) is 6.42. The maximum Gasteiger partial charge on any atom is 0.394 e. The van der Waals surface area contributed by atoms with E-state index >= 15 is 0 Å². The summed E-state index contributed by atoms with van der Waals surface area (Å²) in [6.07, 6.45) is -4.23.